The summed E-state index contributed by atoms with van der Waals surface area (Å²) in [6.07, 6.45) is 0.968. The molecule has 0 bridgehead atoms. The van der Waals surface area contributed by atoms with Gasteiger partial charge in [-0.05, 0) is 57.0 Å². The number of carboxylic acid groups (broad SMARTS) is 1. The normalized spacial score (nSPS) is 15.4. The van der Waals surface area contributed by atoms with Crippen molar-refractivity contribution in [3.8, 4) is 5.69 Å². The number of aromatic nitrogens is 2. The molecule has 3 rings (SSSR count). The third kappa shape index (κ3) is 2.47. The number of carbonyl (C=O) groups is 2. The monoisotopic (exact) mass is 299 g/mol. The molecule has 1 amide bonds. The van der Waals surface area contributed by atoms with Crippen molar-refractivity contribution in [2.45, 2.75) is 32.2 Å². The van der Waals surface area contributed by atoms with E-state index in [4.69, 9.17) is 5.11 Å². The van der Waals surface area contributed by atoms with E-state index in [1.165, 1.54) is 0 Å². The lowest BCUT2D eigenvalue weighted by Crippen LogP contribution is -2.43. The second-order valence-corrected chi connectivity index (χ2v) is 5.73. The maximum Gasteiger partial charge on any atom is 0.329 e. The van der Waals surface area contributed by atoms with Crippen LogP contribution in [-0.2, 0) is 4.79 Å². The Bertz CT molecular complexity index is 742. The number of aryl methyl sites for hydroxylation is 2. The van der Waals surface area contributed by atoms with Gasteiger partial charge in [0, 0.05) is 11.3 Å². The summed E-state index contributed by atoms with van der Waals surface area (Å²) in [6, 6.07) is 8.94. The van der Waals surface area contributed by atoms with Crippen molar-refractivity contribution < 1.29 is 14.7 Å². The lowest BCUT2D eigenvalue weighted by Gasteiger charge is -2.12. The van der Waals surface area contributed by atoms with E-state index in [0.29, 0.717) is 18.4 Å². The molecule has 1 aromatic carbocycles. The predicted molar refractivity (Wildman–Crippen MR) is 80.1 cm³/mol. The zero-order chi connectivity index (χ0) is 15.9. The van der Waals surface area contributed by atoms with Crippen molar-refractivity contribution in [1.82, 2.24) is 15.1 Å². The van der Waals surface area contributed by atoms with Crippen LogP contribution in [0.25, 0.3) is 5.69 Å². The van der Waals surface area contributed by atoms with Gasteiger partial charge in [0.1, 0.15) is 5.54 Å². The number of carbonyl (C=O) groups excluding carboxylic acids is 1. The van der Waals surface area contributed by atoms with Crippen molar-refractivity contribution >= 4 is 11.9 Å². The SMILES string of the molecule is Cc1cc(C)n(-c2ccc(C(=O)NC3(C(=O)O)CC3)cc2)n1. The van der Waals surface area contributed by atoms with Crippen molar-refractivity contribution in [3.05, 3.63) is 47.3 Å². The summed E-state index contributed by atoms with van der Waals surface area (Å²) in [7, 11) is 0. The summed E-state index contributed by atoms with van der Waals surface area (Å²) in [6.45, 7) is 3.89. The minimum absolute atomic E-state index is 0.361. The van der Waals surface area contributed by atoms with Gasteiger partial charge in [-0.3, -0.25) is 4.79 Å². The minimum Gasteiger partial charge on any atom is -0.480 e. The highest BCUT2D eigenvalue weighted by Crippen LogP contribution is 2.35. The highest BCUT2D eigenvalue weighted by Gasteiger charge is 2.51. The molecule has 1 fully saturated rings. The number of hydrogen-bond acceptors (Lipinski definition) is 3. The van der Waals surface area contributed by atoms with E-state index in [1.807, 2.05) is 19.9 Å². The Balaban J connectivity index is 1.78. The van der Waals surface area contributed by atoms with Gasteiger partial charge in [0.25, 0.3) is 5.91 Å². The lowest BCUT2D eigenvalue weighted by atomic mass is 10.1. The number of hydrogen-bond donors (Lipinski definition) is 2. The Kier molecular flexibility index (Phi) is 3.24. The van der Waals surface area contributed by atoms with Crippen LogP contribution in [-0.4, -0.2) is 32.3 Å². The Labute approximate surface area is 127 Å². The molecular formula is C16H17N3O3. The number of nitrogens with zero attached hydrogens (tertiary/aromatic N) is 2. The Morgan fingerprint density at radius 1 is 1.23 bits per heavy atom. The second kappa shape index (κ2) is 4.98. The van der Waals surface area contributed by atoms with Crippen LogP contribution >= 0.6 is 0 Å². The van der Waals surface area contributed by atoms with Crippen molar-refractivity contribution in [2.24, 2.45) is 0 Å². The standard InChI is InChI=1S/C16H17N3O3/c1-10-9-11(2)19(18-10)13-5-3-12(4-6-13)14(20)17-16(7-8-16)15(21)22/h3-6,9H,7-8H2,1-2H3,(H,17,20)(H,21,22). The van der Waals surface area contributed by atoms with Crippen LogP contribution in [0.2, 0.25) is 0 Å². The van der Waals surface area contributed by atoms with Crippen LogP contribution in [0.3, 0.4) is 0 Å². The fourth-order valence-corrected chi connectivity index (χ4v) is 2.45. The summed E-state index contributed by atoms with van der Waals surface area (Å²) >= 11 is 0. The van der Waals surface area contributed by atoms with Gasteiger partial charge in [-0.1, -0.05) is 0 Å². The van der Waals surface area contributed by atoms with Crippen molar-refractivity contribution in [3.63, 3.8) is 0 Å². The quantitative estimate of drug-likeness (QED) is 0.902. The summed E-state index contributed by atoms with van der Waals surface area (Å²) < 4.78 is 1.80. The Hall–Kier alpha value is -2.63. The first-order valence-electron chi connectivity index (χ1n) is 7.11. The molecule has 1 aromatic heterocycles. The highest BCUT2D eigenvalue weighted by molar-refractivity contribution is 5.99. The smallest absolute Gasteiger partial charge is 0.329 e. The third-order valence-electron chi connectivity index (χ3n) is 3.90. The largest absolute Gasteiger partial charge is 0.480 e. The van der Waals surface area contributed by atoms with Gasteiger partial charge < -0.3 is 10.4 Å². The van der Waals surface area contributed by atoms with Gasteiger partial charge in [-0.2, -0.15) is 5.10 Å². The topological polar surface area (TPSA) is 84.2 Å². The van der Waals surface area contributed by atoms with Gasteiger partial charge >= 0.3 is 5.97 Å². The number of carboxylic acids is 1. The molecule has 1 aliphatic carbocycles. The van der Waals surface area contributed by atoms with Crippen LogP contribution in [0.4, 0.5) is 0 Å². The third-order valence-corrected chi connectivity index (χ3v) is 3.90. The molecule has 0 radical (unpaired) electrons. The molecule has 0 atom stereocenters. The van der Waals surface area contributed by atoms with Crippen LogP contribution in [0.15, 0.2) is 30.3 Å². The van der Waals surface area contributed by atoms with Gasteiger partial charge in [0.15, 0.2) is 0 Å². The van der Waals surface area contributed by atoms with E-state index >= 15 is 0 Å². The van der Waals surface area contributed by atoms with E-state index in [0.717, 1.165) is 17.1 Å². The molecular weight excluding hydrogens is 282 g/mol. The zero-order valence-electron chi connectivity index (χ0n) is 12.5. The molecule has 2 aromatic rings. The molecule has 114 valence electrons. The fraction of sp³-hybridized carbons (Fsp3) is 0.312. The molecule has 22 heavy (non-hydrogen) atoms. The van der Waals surface area contributed by atoms with Crippen LogP contribution < -0.4 is 5.32 Å². The van der Waals surface area contributed by atoms with Crippen LogP contribution in [0, 0.1) is 13.8 Å². The van der Waals surface area contributed by atoms with Crippen molar-refractivity contribution in [2.75, 3.05) is 0 Å². The molecule has 1 aliphatic rings. The summed E-state index contributed by atoms with van der Waals surface area (Å²) in [5.74, 6) is -1.33. The molecule has 0 spiro atoms. The number of amides is 1. The first-order chi connectivity index (χ1) is 10.4. The molecule has 1 heterocycles. The number of benzene rings is 1. The minimum atomic E-state index is -1.06. The second-order valence-electron chi connectivity index (χ2n) is 5.73. The average Bonchev–Trinajstić information content (AvgIpc) is 3.18. The highest BCUT2D eigenvalue weighted by atomic mass is 16.4. The maximum atomic E-state index is 12.1. The first-order valence-corrected chi connectivity index (χ1v) is 7.11. The number of aliphatic carboxylic acids is 1. The van der Waals surface area contributed by atoms with Gasteiger partial charge in [-0.25, -0.2) is 9.48 Å². The summed E-state index contributed by atoms with van der Waals surface area (Å²) in [5.41, 5.74) is 2.18. The fourth-order valence-electron chi connectivity index (χ4n) is 2.45. The molecule has 6 nitrogen and oxygen atoms in total. The average molecular weight is 299 g/mol. The molecule has 0 unspecified atom stereocenters. The maximum absolute atomic E-state index is 12.1. The Morgan fingerprint density at radius 2 is 1.86 bits per heavy atom. The first kappa shape index (κ1) is 14.3. The molecule has 6 heteroatoms. The summed E-state index contributed by atoms with van der Waals surface area (Å²) in [4.78, 5) is 23.2. The van der Waals surface area contributed by atoms with Crippen molar-refractivity contribution in [1.29, 1.82) is 0 Å². The van der Waals surface area contributed by atoms with E-state index in [-0.39, 0.29) is 5.91 Å². The zero-order valence-corrected chi connectivity index (χ0v) is 12.5. The predicted octanol–water partition coefficient (Wildman–Crippen LogP) is 1.84. The number of nitrogens with one attached hydrogen (secondary N) is 1. The molecule has 2 N–H and O–H groups in total. The molecule has 0 saturated heterocycles. The van der Waals surface area contributed by atoms with Gasteiger partial charge in [0.2, 0.25) is 0 Å². The Morgan fingerprint density at radius 3 is 2.32 bits per heavy atom. The number of rotatable bonds is 4. The van der Waals surface area contributed by atoms with Gasteiger partial charge in [0.05, 0.1) is 11.4 Å². The van der Waals surface area contributed by atoms with Crippen LogP contribution in [0.5, 0.6) is 0 Å². The van der Waals surface area contributed by atoms with E-state index in [9.17, 15) is 9.59 Å². The lowest BCUT2D eigenvalue weighted by molar-refractivity contribution is -0.140. The van der Waals surface area contributed by atoms with E-state index in [1.54, 1.807) is 28.9 Å². The van der Waals surface area contributed by atoms with E-state index < -0.39 is 11.5 Å². The van der Waals surface area contributed by atoms with E-state index in [2.05, 4.69) is 10.4 Å². The molecule has 1 saturated carbocycles. The summed E-state index contributed by atoms with van der Waals surface area (Å²) in [5, 5.41) is 16.1. The van der Waals surface area contributed by atoms with Gasteiger partial charge in [-0.15, -0.1) is 0 Å². The molecule has 0 aliphatic heterocycles. The van der Waals surface area contributed by atoms with Crippen LogP contribution in [0.1, 0.15) is 34.6 Å².